The summed E-state index contributed by atoms with van der Waals surface area (Å²) in [7, 11) is 2.20. The second kappa shape index (κ2) is 8.73. The van der Waals surface area contributed by atoms with E-state index in [-0.39, 0.29) is 6.09 Å². The molecule has 1 aliphatic rings. The van der Waals surface area contributed by atoms with Crippen LogP contribution in [0.25, 0.3) is 0 Å². The van der Waals surface area contributed by atoms with E-state index in [4.69, 9.17) is 4.74 Å². The number of nitrogens with zero attached hydrogens (tertiary/aromatic N) is 1. The summed E-state index contributed by atoms with van der Waals surface area (Å²) in [5.41, 5.74) is -0.441. The Morgan fingerprint density at radius 1 is 1.27 bits per heavy atom. The molecule has 22 heavy (non-hydrogen) atoms. The number of nitrogens with one attached hydrogen (secondary N) is 2. The molecule has 0 heterocycles. The molecule has 130 valence electrons. The summed E-state index contributed by atoms with van der Waals surface area (Å²) >= 11 is 0. The average Bonchev–Trinajstić information content (AvgIpc) is 3.19. The van der Waals surface area contributed by atoms with Crippen molar-refractivity contribution in [1.29, 1.82) is 0 Å². The molecular weight excluding hydrogens is 278 g/mol. The minimum atomic E-state index is -0.441. The summed E-state index contributed by atoms with van der Waals surface area (Å²) in [5.74, 6) is 0.933. The van der Waals surface area contributed by atoms with Gasteiger partial charge in [-0.1, -0.05) is 13.8 Å². The van der Waals surface area contributed by atoms with Gasteiger partial charge in [0.15, 0.2) is 0 Å². The van der Waals surface area contributed by atoms with Gasteiger partial charge in [-0.15, -0.1) is 0 Å². The first-order valence-electron chi connectivity index (χ1n) is 8.57. The molecule has 1 unspecified atom stereocenters. The molecule has 0 saturated heterocycles. The van der Waals surface area contributed by atoms with Gasteiger partial charge in [-0.3, -0.25) is 0 Å². The molecule has 1 saturated carbocycles. The van der Waals surface area contributed by atoms with Crippen LogP contribution in [-0.2, 0) is 4.74 Å². The van der Waals surface area contributed by atoms with Crippen LogP contribution in [0.2, 0.25) is 0 Å². The van der Waals surface area contributed by atoms with E-state index in [2.05, 4.69) is 36.4 Å². The zero-order valence-electron chi connectivity index (χ0n) is 15.2. The van der Waals surface area contributed by atoms with Crippen LogP contribution in [0, 0.1) is 11.8 Å². The molecule has 1 amide bonds. The van der Waals surface area contributed by atoms with E-state index in [9.17, 15) is 4.79 Å². The molecule has 0 aromatic heterocycles. The molecule has 0 bridgehead atoms. The lowest BCUT2D eigenvalue weighted by Crippen LogP contribution is -2.41. The Morgan fingerprint density at radius 3 is 2.41 bits per heavy atom. The highest BCUT2D eigenvalue weighted by Gasteiger charge is 2.25. The van der Waals surface area contributed by atoms with Gasteiger partial charge in [0.2, 0.25) is 0 Å². The van der Waals surface area contributed by atoms with E-state index in [0.717, 1.165) is 25.7 Å². The van der Waals surface area contributed by atoms with Gasteiger partial charge >= 0.3 is 6.09 Å². The second-order valence-corrected chi connectivity index (χ2v) is 7.80. The van der Waals surface area contributed by atoms with Gasteiger partial charge in [0.05, 0.1) is 0 Å². The van der Waals surface area contributed by atoms with Crippen molar-refractivity contribution in [2.75, 3.05) is 33.2 Å². The maximum absolute atomic E-state index is 11.7. The topological polar surface area (TPSA) is 53.6 Å². The van der Waals surface area contributed by atoms with Gasteiger partial charge in [0.25, 0.3) is 0 Å². The highest BCUT2D eigenvalue weighted by Crippen LogP contribution is 2.24. The Kier molecular flexibility index (Phi) is 7.63. The molecule has 1 rings (SSSR count). The quantitative estimate of drug-likeness (QED) is 0.642. The van der Waals surface area contributed by atoms with E-state index >= 15 is 0 Å². The molecule has 2 N–H and O–H groups in total. The van der Waals surface area contributed by atoms with Crippen molar-refractivity contribution in [3.63, 3.8) is 0 Å². The van der Waals surface area contributed by atoms with Gasteiger partial charge < -0.3 is 20.3 Å². The Balaban J connectivity index is 2.19. The summed E-state index contributed by atoms with van der Waals surface area (Å²) in [6.45, 7) is 13.7. The molecule has 0 radical (unpaired) electrons. The van der Waals surface area contributed by atoms with Crippen LogP contribution in [0.3, 0.4) is 0 Å². The molecule has 0 aromatic rings. The van der Waals surface area contributed by atoms with E-state index < -0.39 is 5.60 Å². The molecule has 1 fully saturated rings. The van der Waals surface area contributed by atoms with Gasteiger partial charge in [0, 0.05) is 25.7 Å². The van der Waals surface area contributed by atoms with Crippen molar-refractivity contribution in [2.45, 2.75) is 59.1 Å². The summed E-state index contributed by atoms with van der Waals surface area (Å²) < 4.78 is 5.28. The van der Waals surface area contributed by atoms with Crippen LogP contribution in [-0.4, -0.2) is 55.9 Å². The molecule has 5 heteroatoms. The minimum absolute atomic E-state index is 0.327. The number of hydrogen-bond donors (Lipinski definition) is 2. The fourth-order valence-corrected chi connectivity index (χ4v) is 2.31. The lowest BCUT2D eigenvalue weighted by Gasteiger charge is -2.24. The Hall–Kier alpha value is -0.810. The average molecular weight is 313 g/mol. The highest BCUT2D eigenvalue weighted by molar-refractivity contribution is 5.67. The summed E-state index contributed by atoms with van der Waals surface area (Å²) in [6.07, 6.45) is 2.38. The standard InChI is InChI=1S/C17H35N3O2/c1-13(2)14(12-19-16(21)22-17(3,4)5)11-18-9-10-20(6)15-7-8-15/h13-15,18H,7-12H2,1-6H3,(H,19,21). The van der Waals surface area contributed by atoms with Crippen LogP contribution in [0.15, 0.2) is 0 Å². The van der Waals surface area contributed by atoms with Gasteiger partial charge in [-0.2, -0.15) is 0 Å². The van der Waals surface area contributed by atoms with Crippen molar-refractivity contribution in [1.82, 2.24) is 15.5 Å². The number of amides is 1. The van der Waals surface area contributed by atoms with Crippen molar-refractivity contribution < 1.29 is 9.53 Å². The maximum atomic E-state index is 11.7. The maximum Gasteiger partial charge on any atom is 0.407 e. The first kappa shape index (κ1) is 19.2. The largest absolute Gasteiger partial charge is 0.444 e. The molecule has 0 aromatic carbocycles. The van der Waals surface area contributed by atoms with Crippen LogP contribution in [0.1, 0.15) is 47.5 Å². The zero-order valence-corrected chi connectivity index (χ0v) is 15.2. The lowest BCUT2D eigenvalue weighted by molar-refractivity contribution is 0.0515. The van der Waals surface area contributed by atoms with Crippen LogP contribution < -0.4 is 10.6 Å². The van der Waals surface area contributed by atoms with E-state index in [1.165, 1.54) is 12.8 Å². The first-order valence-corrected chi connectivity index (χ1v) is 8.57. The summed E-state index contributed by atoms with van der Waals surface area (Å²) in [4.78, 5) is 14.2. The summed E-state index contributed by atoms with van der Waals surface area (Å²) in [5, 5.41) is 6.41. The fraction of sp³-hybridized carbons (Fsp3) is 0.941. The van der Waals surface area contributed by atoms with Crippen LogP contribution >= 0.6 is 0 Å². The second-order valence-electron chi connectivity index (χ2n) is 7.80. The highest BCUT2D eigenvalue weighted by atomic mass is 16.6. The fourth-order valence-electron chi connectivity index (χ4n) is 2.31. The van der Waals surface area contributed by atoms with Crippen molar-refractivity contribution in [3.05, 3.63) is 0 Å². The van der Waals surface area contributed by atoms with Gasteiger partial charge in [0.1, 0.15) is 5.60 Å². The number of likely N-dealkylation sites (N-methyl/N-ethyl adjacent to an activating group) is 1. The third-order valence-corrected chi connectivity index (χ3v) is 4.07. The monoisotopic (exact) mass is 313 g/mol. The Labute approximate surface area is 136 Å². The smallest absolute Gasteiger partial charge is 0.407 e. The number of hydrogen-bond acceptors (Lipinski definition) is 4. The molecule has 1 aliphatic carbocycles. The third-order valence-electron chi connectivity index (χ3n) is 4.07. The number of ether oxygens (including phenoxy) is 1. The molecule has 0 spiro atoms. The first-order chi connectivity index (χ1) is 10.2. The predicted molar refractivity (Wildman–Crippen MR) is 91.1 cm³/mol. The SMILES string of the molecule is CC(C)C(CNCCN(C)C1CC1)CNC(=O)OC(C)(C)C. The Morgan fingerprint density at radius 2 is 1.91 bits per heavy atom. The third kappa shape index (κ3) is 8.59. The Bertz CT molecular complexity index is 335. The molecule has 1 atom stereocenters. The number of alkyl carbamates (subject to hydrolysis) is 1. The minimum Gasteiger partial charge on any atom is -0.444 e. The predicted octanol–water partition coefficient (Wildman–Crippen LogP) is 2.47. The van der Waals surface area contributed by atoms with Crippen LogP contribution in [0.5, 0.6) is 0 Å². The van der Waals surface area contributed by atoms with Gasteiger partial charge in [-0.05, 0) is 59.0 Å². The normalized spacial score (nSPS) is 16.9. The van der Waals surface area contributed by atoms with E-state index in [1.54, 1.807) is 0 Å². The number of carbonyl (C=O) groups excluding carboxylic acids is 1. The zero-order chi connectivity index (χ0) is 16.8. The van der Waals surface area contributed by atoms with Crippen molar-refractivity contribution >= 4 is 6.09 Å². The lowest BCUT2D eigenvalue weighted by atomic mass is 9.96. The van der Waals surface area contributed by atoms with Crippen molar-refractivity contribution in [2.24, 2.45) is 11.8 Å². The van der Waals surface area contributed by atoms with E-state index in [1.807, 2.05) is 20.8 Å². The van der Waals surface area contributed by atoms with Crippen LogP contribution in [0.4, 0.5) is 4.79 Å². The molecule has 0 aliphatic heterocycles. The number of rotatable bonds is 9. The molecular formula is C17H35N3O2. The van der Waals surface area contributed by atoms with Crippen molar-refractivity contribution in [3.8, 4) is 0 Å². The number of carbonyl (C=O) groups is 1. The summed E-state index contributed by atoms with van der Waals surface area (Å²) in [6, 6.07) is 0.816. The molecule has 5 nitrogen and oxygen atoms in total. The van der Waals surface area contributed by atoms with Gasteiger partial charge in [-0.25, -0.2) is 4.79 Å². The van der Waals surface area contributed by atoms with E-state index in [0.29, 0.717) is 18.4 Å².